The molecule has 4 aromatic rings. The lowest BCUT2D eigenvalue weighted by molar-refractivity contribution is -0.128. The van der Waals surface area contributed by atoms with Crippen LogP contribution in [0, 0.1) is 0 Å². The number of halogens is 1. The summed E-state index contributed by atoms with van der Waals surface area (Å²) in [5.74, 6) is 0.0331. The Kier molecular flexibility index (Phi) is 8.94. The predicted octanol–water partition coefficient (Wildman–Crippen LogP) is 4.67. The number of carbonyl (C=O) groups is 2. The number of anilines is 2. The fourth-order valence-corrected chi connectivity index (χ4v) is 5.55. The summed E-state index contributed by atoms with van der Waals surface area (Å²) in [6, 6.07) is 28.8. The number of amides is 2. The van der Waals surface area contributed by atoms with Crippen molar-refractivity contribution in [2.75, 3.05) is 29.3 Å². The van der Waals surface area contributed by atoms with E-state index in [-0.39, 0.29) is 29.9 Å². The van der Waals surface area contributed by atoms with Gasteiger partial charge in [0.2, 0.25) is 0 Å². The zero-order chi connectivity index (χ0) is 29.5. The van der Waals surface area contributed by atoms with Gasteiger partial charge in [0.05, 0.1) is 17.1 Å². The smallest absolute Gasteiger partial charge is 0.265 e. The van der Waals surface area contributed by atoms with Crippen LogP contribution < -0.4 is 24.4 Å². The molecule has 0 radical (unpaired) electrons. The first-order chi connectivity index (χ1) is 20.3. The normalized spacial score (nSPS) is 14.3. The van der Waals surface area contributed by atoms with Crippen molar-refractivity contribution in [1.82, 2.24) is 5.32 Å². The lowest BCUT2D eigenvalue weighted by Crippen LogP contribution is -2.52. The van der Waals surface area contributed by atoms with E-state index in [1.165, 1.54) is 29.2 Å². The van der Waals surface area contributed by atoms with Gasteiger partial charge in [-0.2, -0.15) is 0 Å². The number of rotatable bonds is 10. The highest BCUT2D eigenvalue weighted by Gasteiger charge is 2.33. The molecule has 2 N–H and O–H groups in total. The van der Waals surface area contributed by atoms with Crippen LogP contribution in [0.4, 0.5) is 11.4 Å². The van der Waals surface area contributed by atoms with Gasteiger partial charge in [0.25, 0.3) is 21.8 Å². The number of nitrogens with zero attached hydrogens (tertiary/aromatic N) is 1. The van der Waals surface area contributed by atoms with E-state index >= 15 is 0 Å². The van der Waals surface area contributed by atoms with E-state index < -0.39 is 16.1 Å². The number of carbonyl (C=O) groups excluding carboxylic acids is 2. The van der Waals surface area contributed by atoms with Gasteiger partial charge in [-0.3, -0.25) is 14.3 Å². The maximum Gasteiger partial charge on any atom is 0.265 e. The fourth-order valence-electron chi connectivity index (χ4n) is 4.37. The minimum atomic E-state index is -3.84. The second-order valence-corrected chi connectivity index (χ2v) is 11.6. The maximum absolute atomic E-state index is 13.3. The minimum Gasteiger partial charge on any atom is -0.484 e. The number of fused-ring (bicyclic) bond motifs is 1. The molecule has 0 bridgehead atoms. The van der Waals surface area contributed by atoms with Crippen LogP contribution in [0.3, 0.4) is 0 Å². The number of ether oxygens (including phenoxy) is 2. The molecule has 1 atom stereocenters. The Morgan fingerprint density at radius 3 is 2.33 bits per heavy atom. The van der Waals surface area contributed by atoms with Crippen molar-refractivity contribution in [2.45, 2.75) is 17.4 Å². The van der Waals surface area contributed by atoms with Crippen LogP contribution in [-0.4, -0.2) is 46.0 Å². The van der Waals surface area contributed by atoms with Gasteiger partial charge in [0, 0.05) is 17.3 Å². The SMILES string of the molecule is O=C(NCCc1ccccc1)C1CN(C(=O)COc2ccc(S(=O)(=O)Nc3ccc(Cl)cc3)cc2)c2ccccc2O1. The van der Waals surface area contributed by atoms with Crippen LogP contribution in [0.25, 0.3) is 0 Å². The summed E-state index contributed by atoms with van der Waals surface area (Å²) in [7, 11) is -3.84. The van der Waals surface area contributed by atoms with E-state index in [0.717, 1.165) is 5.56 Å². The third kappa shape index (κ3) is 7.20. The van der Waals surface area contributed by atoms with Crippen molar-refractivity contribution in [3.05, 3.63) is 114 Å². The Balaban J connectivity index is 1.19. The summed E-state index contributed by atoms with van der Waals surface area (Å²) < 4.78 is 39.5. The van der Waals surface area contributed by atoms with E-state index in [2.05, 4.69) is 10.0 Å². The Morgan fingerprint density at radius 2 is 1.60 bits per heavy atom. The van der Waals surface area contributed by atoms with Crippen molar-refractivity contribution >= 4 is 44.8 Å². The molecule has 42 heavy (non-hydrogen) atoms. The number of hydrogen-bond acceptors (Lipinski definition) is 6. The third-order valence-corrected chi connectivity index (χ3v) is 8.16. The summed E-state index contributed by atoms with van der Waals surface area (Å²) >= 11 is 5.86. The van der Waals surface area contributed by atoms with Crippen LogP contribution in [0.1, 0.15) is 5.56 Å². The van der Waals surface area contributed by atoms with Gasteiger partial charge in [-0.05, 0) is 72.6 Å². The molecule has 0 saturated carbocycles. The van der Waals surface area contributed by atoms with Gasteiger partial charge in [0.15, 0.2) is 12.7 Å². The number of sulfonamides is 1. The predicted molar refractivity (Wildman–Crippen MR) is 161 cm³/mol. The monoisotopic (exact) mass is 605 g/mol. The first kappa shape index (κ1) is 29.0. The van der Waals surface area contributed by atoms with Gasteiger partial charge in [0.1, 0.15) is 11.5 Å². The molecule has 11 heteroatoms. The molecule has 0 fully saturated rings. The largest absolute Gasteiger partial charge is 0.484 e. The third-order valence-electron chi connectivity index (χ3n) is 6.52. The second-order valence-electron chi connectivity index (χ2n) is 9.48. The summed E-state index contributed by atoms with van der Waals surface area (Å²) in [5.41, 5.74) is 2.01. The first-order valence-electron chi connectivity index (χ1n) is 13.2. The van der Waals surface area contributed by atoms with Gasteiger partial charge >= 0.3 is 0 Å². The number of para-hydroxylation sites is 2. The van der Waals surface area contributed by atoms with Crippen molar-refractivity contribution in [2.24, 2.45) is 0 Å². The van der Waals surface area contributed by atoms with Crippen LogP contribution in [0.5, 0.6) is 11.5 Å². The van der Waals surface area contributed by atoms with Crippen molar-refractivity contribution in [1.29, 1.82) is 0 Å². The van der Waals surface area contributed by atoms with E-state index in [1.807, 2.05) is 30.3 Å². The minimum absolute atomic E-state index is 0.0178. The molecular formula is C31H28ClN3O6S. The molecule has 0 aliphatic carbocycles. The quantitative estimate of drug-likeness (QED) is 0.272. The summed E-state index contributed by atoms with van der Waals surface area (Å²) in [6.07, 6.45) is -0.221. The zero-order valence-electron chi connectivity index (χ0n) is 22.4. The Bertz CT molecular complexity index is 1650. The average molecular weight is 606 g/mol. The molecule has 5 rings (SSSR count). The van der Waals surface area contributed by atoms with Crippen LogP contribution in [-0.2, 0) is 26.0 Å². The van der Waals surface area contributed by atoms with E-state index in [0.29, 0.717) is 40.9 Å². The van der Waals surface area contributed by atoms with E-state index in [1.54, 1.807) is 48.5 Å². The number of nitrogens with one attached hydrogen (secondary N) is 2. The van der Waals surface area contributed by atoms with E-state index in [9.17, 15) is 18.0 Å². The standard InChI is InChI=1S/C31H28ClN3O6S/c32-23-10-12-24(13-11-23)34-42(38,39)26-16-14-25(15-17-26)40-21-30(36)35-20-29(41-28-9-5-4-8-27(28)35)31(37)33-19-18-22-6-2-1-3-7-22/h1-17,29,34H,18-21H2,(H,33,37). The first-order valence-corrected chi connectivity index (χ1v) is 15.0. The number of benzene rings is 4. The summed E-state index contributed by atoms with van der Waals surface area (Å²) in [5, 5.41) is 3.38. The Labute approximate surface area is 249 Å². The molecule has 1 unspecified atom stereocenters. The molecule has 216 valence electrons. The fraction of sp³-hybridized carbons (Fsp3) is 0.161. The summed E-state index contributed by atoms with van der Waals surface area (Å²) in [4.78, 5) is 27.7. The lowest BCUT2D eigenvalue weighted by atomic mass is 10.1. The van der Waals surface area contributed by atoms with Gasteiger partial charge in [-0.1, -0.05) is 54.1 Å². The Hall–Kier alpha value is -4.54. The zero-order valence-corrected chi connectivity index (χ0v) is 24.0. The van der Waals surface area contributed by atoms with Gasteiger partial charge in [-0.25, -0.2) is 8.42 Å². The van der Waals surface area contributed by atoms with E-state index in [4.69, 9.17) is 21.1 Å². The van der Waals surface area contributed by atoms with Gasteiger partial charge < -0.3 is 19.7 Å². The highest BCUT2D eigenvalue weighted by molar-refractivity contribution is 7.92. The maximum atomic E-state index is 13.3. The van der Waals surface area contributed by atoms with Gasteiger partial charge in [-0.15, -0.1) is 0 Å². The topological polar surface area (TPSA) is 114 Å². The molecule has 0 saturated heterocycles. The molecule has 4 aromatic carbocycles. The Morgan fingerprint density at radius 1 is 0.905 bits per heavy atom. The van der Waals surface area contributed by atoms with Crippen molar-refractivity contribution in [3.8, 4) is 11.5 Å². The highest BCUT2D eigenvalue weighted by Crippen LogP contribution is 2.33. The summed E-state index contributed by atoms with van der Waals surface area (Å²) in [6.45, 7) is 0.123. The average Bonchev–Trinajstić information content (AvgIpc) is 3.01. The molecule has 9 nitrogen and oxygen atoms in total. The number of hydrogen-bond donors (Lipinski definition) is 2. The molecule has 0 aromatic heterocycles. The second kappa shape index (κ2) is 13.0. The molecule has 1 heterocycles. The highest BCUT2D eigenvalue weighted by atomic mass is 35.5. The van der Waals surface area contributed by atoms with Crippen LogP contribution >= 0.6 is 11.6 Å². The molecule has 1 aliphatic rings. The lowest BCUT2D eigenvalue weighted by Gasteiger charge is -2.34. The molecule has 0 spiro atoms. The van der Waals surface area contributed by atoms with Crippen molar-refractivity contribution < 1.29 is 27.5 Å². The van der Waals surface area contributed by atoms with Crippen LogP contribution in [0.2, 0.25) is 5.02 Å². The molecular weight excluding hydrogens is 578 g/mol. The molecule has 2 amide bonds. The van der Waals surface area contributed by atoms with Crippen molar-refractivity contribution in [3.63, 3.8) is 0 Å². The van der Waals surface area contributed by atoms with Crippen LogP contribution in [0.15, 0.2) is 108 Å². The molecule has 1 aliphatic heterocycles.